The van der Waals surface area contributed by atoms with E-state index in [1.54, 1.807) is 11.3 Å². The highest BCUT2D eigenvalue weighted by Gasteiger charge is 2.38. The minimum Gasteiger partial charge on any atom is -0.347 e. The molecule has 5 rings (SSSR count). The zero-order valence-corrected chi connectivity index (χ0v) is 20.3. The van der Waals surface area contributed by atoms with E-state index in [9.17, 15) is 0 Å². The van der Waals surface area contributed by atoms with Crippen LogP contribution in [-0.2, 0) is 5.41 Å². The number of hydrogen-bond acceptors (Lipinski definition) is 4. The van der Waals surface area contributed by atoms with E-state index in [-0.39, 0.29) is 5.41 Å². The molecule has 3 aromatic carbocycles. The van der Waals surface area contributed by atoms with Crippen molar-refractivity contribution in [2.45, 2.75) is 26.2 Å². The summed E-state index contributed by atoms with van der Waals surface area (Å²) in [5.74, 6) is 0. The van der Waals surface area contributed by atoms with E-state index < -0.39 is 0 Å². The van der Waals surface area contributed by atoms with Gasteiger partial charge in [-0.05, 0) is 66.6 Å². The molecule has 3 nitrogen and oxygen atoms in total. The number of nitrogens with one attached hydrogen (secondary N) is 1. The molecule has 0 bridgehead atoms. The molecule has 0 spiro atoms. The highest BCUT2D eigenvalue weighted by molar-refractivity contribution is 7.81. The summed E-state index contributed by atoms with van der Waals surface area (Å²) in [7, 11) is 2.11. The predicted octanol–water partition coefficient (Wildman–Crippen LogP) is 7.32. The third-order valence-electron chi connectivity index (χ3n) is 6.15. The van der Waals surface area contributed by atoms with Crippen molar-refractivity contribution in [2.24, 2.45) is 0 Å². The maximum atomic E-state index is 5.70. The third kappa shape index (κ3) is 3.61. The number of benzene rings is 3. The van der Waals surface area contributed by atoms with Crippen molar-refractivity contribution in [3.05, 3.63) is 89.6 Å². The summed E-state index contributed by atoms with van der Waals surface area (Å²) < 4.78 is 1.22. The number of likely N-dealkylation sites (N-methyl/N-ethyl adjacent to an activating group) is 1. The number of rotatable bonds is 3. The monoisotopic (exact) mass is 455 g/mol. The van der Waals surface area contributed by atoms with E-state index in [0.29, 0.717) is 4.99 Å². The molecule has 4 aromatic rings. The molecule has 0 radical (unpaired) electrons. The lowest BCUT2D eigenvalue weighted by molar-refractivity contribution is 0.641. The first kappa shape index (κ1) is 20.9. The van der Waals surface area contributed by atoms with Gasteiger partial charge in [-0.15, -0.1) is 11.3 Å². The Kier molecular flexibility index (Phi) is 5.11. The summed E-state index contributed by atoms with van der Waals surface area (Å²) in [4.78, 5) is 7.73. The summed E-state index contributed by atoms with van der Waals surface area (Å²) >= 11 is 7.42. The van der Waals surface area contributed by atoms with Crippen molar-refractivity contribution in [3.8, 4) is 10.6 Å². The second-order valence-electron chi connectivity index (χ2n) is 8.79. The number of anilines is 2. The number of allylic oxidation sites excluding steroid dienone is 1. The van der Waals surface area contributed by atoms with Crippen molar-refractivity contribution < 1.29 is 0 Å². The van der Waals surface area contributed by atoms with Gasteiger partial charge in [0.2, 0.25) is 0 Å². The average Bonchev–Trinajstić information content (AvgIpc) is 3.27. The minimum absolute atomic E-state index is 0.0911. The van der Waals surface area contributed by atoms with Crippen LogP contribution in [-0.4, -0.2) is 17.0 Å². The van der Waals surface area contributed by atoms with Gasteiger partial charge in [0.25, 0.3) is 0 Å². The average molecular weight is 456 g/mol. The molecule has 0 saturated carbocycles. The highest BCUT2D eigenvalue weighted by atomic mass is 32.1. The number of hydrogen-bond donors (Lipinski definition) is 1. The number of aromatic nitrogens is 1. The third-order valence-corrected chi connectivity index (χ3v) is 7.44. The first-order chi connectivity index (χ1) is 15.3. The number of para-hydroxylation sites is 1. The second kappa shape index (κ2) is 7.84. The van der Waals surface area contributed by atoms with Crippen molar-refractivity contribution in [1.82, 2.24) is 4.98 Å². The molecule has 0 unspecified atom stereocenters. The Balaban J connectivity index is 1.35. The molecule has 0 amide bonds. The lowest BCUT2D eigenvalue weighted by Gasteiger charge is -2.24. The molecule has 0 atom stereocenters. The van der Waals surface area contributed by atoms with Crippen LogP contribution in [0, 0.1) is 6.92 Å². The summed E-state index contributed by atoms with van der Waals surface area (Å²) in [5.41, 5.74) is 8.07. The van der Waals surface area contributed by atoms with Crippen LogP contribution >= 0.6 is 23.6 Å². The molecule has 0 aliphatic carbocycles. The van der Waals surface area contributed by atoms with Crippen molar-refractivity contribution in [2.75, 3.05) is 17.3 Å². The van der Waals surface area contributed by atoms with Gasteiger partial charge in [0.15, 0.2) is 0 Å². The number of thiazole rings is 1. The van der Waals surface area contributed by atoms with Gasteiger partial charge in [0, 0.05) is 35.1 Å². The smallest absolute Gasteiger partial charge is 0.124 e. The number of fused-ring (bicyclic) bond motifs is 2. The van der Waals surface area contributed by atoms with E-state index in [4.69, 9.17) is 17.2 Å². The Morgan fingerprint density at radius 1 is 1.06 bits per heavy atom. The van der Waals surface area contributed by atoms with Crippen molar-refractivity contribution in [3.63, 3.8) is 0 Å². The maximum absolute atomic E-state index is 5.70. The molecule has 5 heteroatoms. The first-order valence-electron chi connectivity index (χ1n) is 10.7. The van der Waals surface area contributed by atoms with Gasteiger partial charge >= 0.3 is 0 Å². The first-order valence-corrected chi connectivity index (χ1v) is 11.9. The summed E-state index contributed by atoms with van der Waals surface area (Å²) in [6.07, 6.45) is 2.08. The zero-order chi connectivity index (χ0) is 22.5. The lowest BCUT2D eigenvalue weighted by Crippen LogP contribution is -2.24. The number of aryl methyl sites for hydroxylation is 1. The normalized spacial score (nSPS) is 15.9. The Morgan fingerprint density at radius 3 is 2.56 bits per heavy atom. The van der Waals surface area contributed by atoms with Crippen LogP contribution in [0.3, 0.4) is 0 Å². The summed E-state index contributed by atoms with van der Waals surface area (Å²) in [6, 6.07) is 23.3. The van der Waals surface area contributed by atoms with E-state index in [1.165, 1.54) is 27.2 Å². The predicted molar refractivity (Wildman–Crippen MR) is 142 cm³/mol. The molecule has 160 valence electrons. The van der Waals surface area contributed by atoms with Crippen LogP contribution in [0.15, 0.2) is 78.5 Å². The SMILES string of the molecule is Cc1ccc2nc(-c3ccc(NC(=S)C=C4N(C)c5ccccc5C4(C)C)cc3)sc2c1. The fourth-order valence-corrected chi connectivity index (χ4v) is 5.71. The van der Waals surface area contributed by atoms with Gasteiger partial charge in [0.1, 0.15) is 10.00 Å². The van der Waals surface area contributed by atoms with Crippen LogP contribution < -0.4 is 10.2 Å². The standard InChI is InChI=1S/C27H25N3S2/c1-17-9-14-21-23(15-17)32-26(29-21)18-10-12-19(13-11-18)28-25(31)16-24-27(2,3)20-7-5-6-8-22(20)30(24)4/h5-16H,1-4H3,(H,28,31). The molecular formula is C27H25N3S2. The van der Waals surface area contributed by atoms with Gasteiger partial charge < -0.3 is 10.2 Å². The molecule has 1 aliphatic heterocycles. The lowest BCUT2D eigenvalue weighted by atomic mass is 9.84. The molecule has 0 fully saturated rings. The van der Waals surface area contributed by atoms with E-state index in [0.717, 1.165) is 21.8 Å². The Hall–Kier alpha value is -3.02. The molecule has 2 heterocycles. The summed E-state index contributed by atoms with van der Waals surface area (Å²) in [6.45, 7) is 6.61. The molecule has 0 saturated heterocycles. The van der Waals surface area contributed by atoms with Crippen molar-refractivity contribution in [1.29, 1.82) is 0 Å². The molecule has 1 aliphatic rings. The van der Waals surface area contributed by atoms with E-state index in [2.05, 4.69) is 111 Å². The van der Waals surface area contributed by atoms with E-state index >= 15 is 0 Å². The van der Waals surface area contributed by atoms with Gasteiger partial charge in [-0.2, -0.15) is 0 Å². The van der Waals surface area contributed by atoms with Gasteiger partial charge in [-0.25, -0.2) is 4.98 Å². The Bertz CT molecular complexity index is 1360. The van der Waals surface area contributed by atoms with Crippen molar-refractivity contribution >= 4 is 50.1 Å². The molecular weight excluding hydrogens is 430 g/mol. The number of thiocarbonyl (C=S) groups is 1. The summed E-state index contributed by atoms with van der Waals surface area (Å²) in [5, 5.41) is 4.41. The molecule has 1 N–H and O–H groups in total. The maximum Gasteiger partial charge on any atom is 0.124 e. The quantitative estimate of drug-likeness (QED) is 0.259. The van der Waals surface area contributed by atoms with Crippen LogP contribution in [0.2, 0.25) is 0 Å². The molecule has 32 heavy (non-hydrogen) atoms. The van der Waals surface area contributed by atoms with Crippen LogP contribution in [0.5, 0.6) is 0 Å². The molecule has 1 aromatic heterocycles. The largest absolute Gasteiger partial charge is 0.347 e. The van der Waals surface area contributed by atoms with Crippen LogP contribution in [0.25, 0.3) is 20.8 Å². The zero-order valence-electron chi connectivity index (χ0n) is 18.6. The Morgan fingerprint density at radius 2 is 1.81 bits per heavy atom. The topological polar surface area (TPSA) is 28.2 Å². The van der Waals surface area contributed by atoms with Gasteiger partial charge in [-0.3, -0.25) is 0 Å². The fraction of sp³-hybridized carbons (Fsp3) is 0.185. The van der Waals surface area contributed by atoms with Gasteiger partial charge in [0.05, 0.1) is 10.2 Å². The van der Waals surface area contributed by atoms with Gasteiger partial charge in [-0.1, -0.05) is 50.3 Å². The van der Waals surface area contributed by atoms with Crippen LogP contribution in [0.1, 0.15) is 25.0 Å². The van der Waals surface area contributed by atoms with Crippen LogP contribution in [0.4, 0.5) is 11.4 Å². The minimum atomic E-state index is -0.0911. The fourth-order valence-electron chi connectivity index (χ4n) is 4.41. The highest BCUT2D eigenvalue weighted by Crippen LogP contribution is 2.46. The Labute approximate surface area is 198 Å². The second-order valence-corrected chi connectivity index (χ2v) is 10.3. The van der Waals surface area contributed by atoms with E-state index in [1.807, 2.05) is 0 Å². The number of nitrogens with zero attached hydrogens (tertiary/aromatic N) is 2.